The molecular formula is C18H20N2O3. The zero-order valence-electron chi connectivity index (χ0n) is 13.4. The lowest BCUT2D eigenvalue weighted by Crippen LogP contribution is -2.38. The molecule has 1 unspecified atom stereocenters. The number of hydrogen-bond acceptors (Lipinski definition) is 4. The Morgan fingerprint density at radius 3 is 2.26 bits per heavy atom. The summed E-state index contributed by atoms with van der Waals surface area (Å²) < 4.78 is 5.25. The molecule has 0 aliphatic rings. The number of nitrogens with one attached hydrogen (secondary N) is 1. The summed E-state index contributed by atoms with van der Waals surface area (Å²) in [5.74, 6) is -0.241. The van der Waals surface area contributed by atoms with Gasteiger partial charge in [0.1, 0.15) is 11.6 Å². The second kappa shape index (κ2) is 7.05. The van der Waals surface area contributed by atoms with Gasteiger partial charge in [-0.25, -0.2) is 4.79 Å². The number of carbonyl (C=O) groups excluding carboxylic acids is 2. The second-order valence-electron chi connectivity index (χ2n) is 6.06. The van der Waals surface area contributed by atoms with Crippen molar-refractivity contribution in [1.29, 1.82) is 0 Å². The Balaban J connectivity index is 2.26. The van der Waals surface area contributed by atoms with Gasteiger partial charge in [-0.2, -0.15) is 0 Å². The van der Waals surface area contributed by atoms with E-state index in [1.54, 1.807) is 69.4 Å². The van der Waals surface area contributed by atoms with Crippen molar-refractivity contribution < 1.29 is 14.3 Å². The van der Waals surface area contributed by atoms with Crippen LogP contribution in [0.2, 0.25) is 0 Å². The molecule has 1 N–H and O–H groups in total. The van der Waals surface area contributed by atoms with Crippen molar-refractivity contribution in [1.82, 2.24) is 10.3 Å². The van der Waals surface area contributed by atoms with Crippen molar-refractivity contribution in [2.45, 2.75) is 32.4 Å². The van der Waals surface area contributed by atoms with Crippen molar-refractivity contribution in [3.8, 4) is 0 Å². The van der Waals surface area contributed by atoms with Crippen LogP contribution in [0.5, 0.6) is 0 Å². The molecule has 1 heterocycles. The highest BCUT2D eigenvalue weighted by molar-refractivity contribution is 6.01. The van der Waals surface area contributed by atoms with Gasteiger partial charge in [-0.1, -0.05) is 36.4 Å². The van der Waals surface area contributed by atoms with Crippen molar-refractivity contribution in [2.24, 2.45) is 0 Å². The van der Waals surface area contributed by atoms with E-state index in [9.17, 15) is 9.59 Å². The summed E-state index contributed by atoms with van der Waals surface area (Å²) in [6.07, 6.45) is 0.926. The first-order valence-corrected chi connectivity index (χ1v) is 7.36. The van der Waals surface area contributed by atoms with Crippen LogP contribution in [-0.4, -0.2) is 22.5 Å². The van der Waals surface area contributed by atoms with Gasteiger partial charge in [0.15, 0.2) is 5.78 Å². The number of carbonyl (C=O) groups is 2. The molecule has 0 aliphatic carbocycles. The van der Waals surface area contributed by atoms with Gasteiger partial charge in [0.2, 0.25) is 0 Å². The molecule has 0 bridgehead atoms. The number of hydrogen-bond donors (Lipinski definition) is 1. The van der Waals surface area contributed by atoms with Crippen LogP contribution < -0.4 is 5.32 Å². The molecule has 0 aliphatic heterocycles. The van der Waals surface area contributed by atoms with Crippen LogP contribution in [0.3, 0.4) is 0 Å². The molecular weight excluding hydrogens is 292 g/mol. The van der Waals surface area contributed by atoms with E-state index in [0.29, 0.717) is 11.3 Å². The Morgan fingerprint density at radius 1 is 1.04 bits per heavy atom. The van der Waals surface area contributed by atoms with Crippen molar-refractivity contribution in [3.05, 3.63) is 66.0 Å². The summed E-state index contributed by atoms with van der Waals surface area (Å²) in [4.78, 5) is 29.0. The standard InChI is InChI=1S/C18H20N2O3/c1-18(2,3)23-17(22)20-15(14-11-7-8-12-19-14)16(21)13-9-5-4-6-10-13/h4-12,15H,1-3H3,(H,20,22). The maximum absolute atomic E-state index is 12.7. The summed E-state index contributed by atoms with van der Waals surface area (Å²) in [5, 5.41) is 2.61. The van der Waals surface area contributed by atoms with Gasteiger partial charge in [0.05, 0.1) is 5.69 Å². The zero-order valence-corrected chi connectivity index (χ0v) is 13.4. The van der Waals surface area contributed by atoms with Crippen LogP contribution in [0.15, 0.2) is 54.7 Å². The van der Waals surface area contributed by atoms with E-state index < -0.39 is 17.7 Å². The molecule has 120 valence electrons. The number of ketones is 1. The predicted molar refractivity (Wildman–Crippen MR) is 87.1 cm³/mol. The molecule has 0 saturated heterocycles. The van der Waals surface area contributed by atoms with Crippen molar-refractivity contribution in [3.63, 3.8) is 0 Å². The van der Waals surface area contributed by atoms with Crippen LogP contribution in [-0.2, 0) is 4.74 Å². The average Bonchev–Trinajstić information content (AvgIpc) is 2.52. The van der Waals surface area contributed by atoms with Crippen molar-refractivity contribution in [2.75, 3.05) is 0 Å². The third-order valence-electron chi connectivity index (χ3n) is 2.97. The quantitative estimate of drug-likeness (QED) is 0.877. The molecule has 5 nitrogen and oxygen atoms in total. The fourth-order valence-electron chi connectivity index (χ4n) is 2.02. The number of rotatable bonds is 4. The molecule has 0 radical (unpaired) electrons. The van der Waals surface area contributed by atoms with E-state index in [1.165, 1.54) is 0 Å². The summed E-state index contributed by atoms with van der Waals surface area (Å²) in [6, 6.07) is 13.1. The maximum Gasteiger partial charge on any atom is 0.408 e. The predicted octanol–water partition coefficient (Wildman–Crippen LogP) is 3.53. The topological polar surface area (TPSA) is 68.3 Å². The summed E-state index contributed by atoms with van der Waals surface area (Å²) >= 11 is 0. The molecule has 1 aromatic carbocycles. The van der Waals surface area contributed by atoms with E-state index in [2.05, 4.69) is 10.3 Å². The summed E-state index contributed by atoms with van der Waals surface area (Å²) in [5.41, 5.74) is 0.320. The third-order valence-corrected chi connectivity index (χ3v) is 2.97. The van der Waals surface area contributed by atoms with Gasteiger partial charge in [0, 0.05) is 11.8 Å². The number of pyridine rings is 1. The molecule has 2 rings (SSSR count). The number of ether oxygens (including phenoxy) is 1. The number of aromatic nitrogens is 1. The lowest BCUT2D eigenvalue weighted by Gasteiger charge is -2.23. The number of nitrogens with zero attached hydrogens (tertiary/aromatic N) is 1. The van der Waals surface area contributed by atoms with E-state index in [-0.39, 0.29) is 5.78 Å². The monoisotopic (exact) mass is 312 g/mol. The Morgan fingerprint density at radius 2 is 1.70 bits per heavy atom. The van der Waals surface area contributed by atoms with Crippen molar-refractivity contribution >= 4 is 11.9 Å². The van der Waals surface area contributed by atoms with Crippen LogP contribution >= 0.6 is 0 Å². The van der Waals surface area contributed by atoms with E-state index >= 15 is 0 Å². The lowest BCUT2D eigenvalue weighted by molar-refractivity contribution is 0.0489. The highest BCUT2D eigenvalue weighted by Crippen LogP contribution is 2.18. The molecule has 5 heteroatoms. The van der Waals surface area contributed by atoms with Gasteiger partial charge >= 0.3 is 6.09 Å². The van der Waals surface area contributed by atoms with Gasteiger partial charge in [0.25, 0.3) is 0 Å². The molecule has 1 amide bonds. The summed E-state index contributed by atoms with van der Waals surface area (Å²) in [6.45, 7) is 5.30. The van der Waals surface area contributed by atoms with E-state index in [1.807, 2.05) is 6.07 Å². The molecule has 0 spiro atoms. The highest BCUT2D eigenvalue weighted by Gasteiger charge is 2.27. The fourth-order valence-corrected chi connectivity index (χ4v) is 2.02. The van der Waals surface area contributed by atoms with Crippen LogP contribution in [0.25, 0.3) is 0 Å². The zero-order chi connectivity index (χ0) is 16.9. The minimum absolute atomic E-state index is 0.241. The first kappa shape index (κ1) is 16.7. The molecule has 0 saturated carbocycles. The van der Waals surface area contributed by atoms with Gasteiger partial charge in [-0.15, -0.1) is 0 Å². The first-order chi connectivity index (χ1) is 10.9. The van der Waals surface area contributed by atoms with E-state index in [0.717, 1.165) is 0 Å². The van der Waals surface area contributed by atoms with Crippen LogP contribution in [0.4, 0.5) is 4.79 Å². The number of alkyl carbamates (subject to hydrolysis) is 1. The number of Topliss-reactive ketones (excluding diaryl/α,β-unsaturated/α-hetero) is 1. The molecule has 23 heavy (non-hydrogen) atoms. The van der Waals surface area contributed by atoms with Crippen LogP contribution in [0, 0.1) is 0 Å². The minimum atomic E-state index is -0.895. The maximum atomic E-state index is 12.7. The minimum Gasteiger partial charge on any atom is -0.444 e. The fraction of sp³-hybridized carbons (Fsp3) is 0.278. The molecule has 0 fully saturated rings. The highest BCUT2D eigenvalue weighted by atomic mass is 16.6. The smallest absolute Gasteiger partial charge is 0.408 e. The Kier molecular flexibility index (Phi) is 5.11. The lowest BCUT2D eigenvalue weighted by atomic mass is 10.0. The SMILES string of the molecule is CC(C)(C)OC(=O)NC(C(=O)c1ccccc1)c1ccccn1. The summed E-state index contributed by atoms with van der Waals surface area (Å²) in [7, 11) is 0. The third kappa shape index (κ3) is 4.92. The number of benzene rings is 1. The Hall–Kier alpha value is -2.69. The van der Waals surface area contributed by atoms with Crippen LogP contribution in [0.1, 0.15) is 42.9 Å². The number of amides is 1. The molecule has 2 aromatic rings. The normalized spacial score (nSPS) is 12.3. The molecule has 1 aromatic heterocycles. The van der Waals surface area contributed by atoms with Gasteiger partial charge in [-0.3, -0.25) is 9.78 Å². The van der Waals surface area contributed by atoms with Gasteiger partial charge in [-0.05, 0) is 32.9 Å². The first-order valence-electron chi connectivity index (χ1n) is 7.36. The molecule has 1 atom stereocenters. The Bertz CT molecular complexity index is 664. The van der Waals surface area contributed by atoms with E-state index in [4.69, 9.17) is 4.74 Å². The second-order valence-corrected chi connectivity index (χ2v) is 6.06. The average molecular weight is 312 g/mol. The largest absolute Gasteiger partial charge is 0.444 e. The Labute approximate surface area is 135 Å². The van der Waals surface area contributed by atoms with Gasteiger partial charge < -0.3 is 10.1 Å².